The minimum atomic E-state index is -4.51. The summed E-state index contributed by atoms with van der Waals surface area (Å²) < 4.78 is 100. The van der Waals surface area contributed by atoms with E-state index in [1.807, 2.05) is 18.2 Å². The van der Waals surface area contributed by atoms with E-state index < -0.39 is 29.2 Å². The van der Waals surface area contributed by atoms with Gasteiger partial charge in [-0.3, -0.25) is 0 Å². The fourth-order valence-corrected chi connectivity index (χ4v) is 8.49. The van der Waals surface area contributed by atoms with Crippen LogP contribution >= 0.6 is 0 Å². The number of alkyl halides is 6. The Kier molecular flexibility index (Phi) is 14.6. The fraction of sp³-hybridized carbons (Fsp3) is 0.442. The molecule has 2 aliphatic heterocycles. The molecule has 0 amide bonds. The minimum Gasteiger partial charge on any atom is -0.504 e. The van der Waals surface area contributed by atoms with Crippen LogP contribution < -0.4 is 24.0 Å². The Balaban J connectivity index is 0.000000225. The molecule has 18 heteroatoms. The van der Waals surface area contributed by atoms with Crippen LogP contribution in [-0.2, 0) is 17.1 Å². The summed E-state index contributed by atoms with van der Waals surface area (Å²) in [6.45, 7) is 2.71. The van der Waals surface area contributed by atoms with Crippen LogP contribution in [0, 0.1) is 46.3 Å². The van der Waals surface area contributed by atoms with Crippen LogP contribution in [0.5, 0.6) is 23.0 Å². The zero-order valence-electron chi connectivity index (χ0n) is 32.4. The highest BCUT2D eigenvalue weighted by molar-refractivity contribution is 5.75. The Bertz CT molecular complexity index is 2160. The van der Waals surface area contributed by atoms with Gasteiger partial charge in [-0.15, -0.1) is 0 Å². The van der Waals surface area contributed by atoms with Gasteiger partial charge in [0, 0.05) is 77.8 Å². The van der Waals surface area contributed by atoms with Crippen molar-refractivity contribution >= 4 is 20.0 Å². The predicted octanol–water partition coefficient (Wildman–Crippen LogP) is 8.48. The zero-order valence-corrected chi connectivity index (χ0v) is 32.4. The van der Waals surface area contributed by atoms with Gasteiger partial charge in [0.1, 0.15) is 36.0 Å². The number of ether oxygens (including phenoxy) is 4. The number of pyridine rings is 2. The molecule has 6 atom stereocenters. The molecule has 2 aliphatic carbocycles. The molecule has 8 rings (SSSR count). The first kappa shape index (κ1) is 46.2. The number of phenolic OH excluding ortho intramolecular Hbond substituents is 1. The van der Waals surface area contributed by atoms with Gasteiger partial charge in [-0.25, -0.2) is 9.97 Å². The number of methoxy groups -OCH3 is 1. The summed E-state index contributed by atoms with van der Waals surface area (Å²) in [5.41, 5.74) is -0.684. The number of benzene rings is 2. The van der Waals surface area contributed by atoms with E-state index in [-0.39, 0.29) is 75.8 Å². The molecule has 4 heterocycles. The summed E-state index contributed by atoms with van der Waals surface area (Å²) in [6, 6.07) is 17.3. The lowest BCUT2D eigenvalue weighted by atomic mass is 9.94. The van der Waals surface area contributed by atoms with Crippen molar-refractivity contribution in [3.05, 3.63) is 95.3 Å². The minimum absolute atomic E-state index is 0. The van der Waals surface area contributed by atoms with Crippen molar-refractivity contribution in [3.8, 4) is 35.1 Å². The number of nitriles is 2. The number of phenols is 1. The summed E-state index contributed by atoms with van der Waals surface area (Å²) in [4.78, 5) is 13.1. The first-order chi connectivity index (χ1) is 28.2. The molecule has 3 radical (unpaired) electrons. The van der Waals surface area contributed by atoms with E-state index in [1.54, 1.807) is 24.5 Å². The lowest BCUT2D eigenvalue weighted by Gasteiger charge is -2.38. The number of halogens is 6. The third-order valence-corrected chi connectivity index (χ3v) is 11.3. The highest BCUT2D eigenvalue weighted by Gasteiger charge is 2.46. The van der Waals surface area contributed by atoms with Crippen molar-refractivity contribution in [2.75, 3.05) is 49.9 Å². The number of aromatic hydroxyl groups is 1. The average molecular weight is 850 g/mol. The molecular weight excluding hydrogens is 805 g/mol. The van der Waals surface area contributed by atoms with Crippen molar-refractivity contribution in [2.45, 2.75) is 57.7 Å². The van der Waals surface area contributed by atoms with Gasteiger partial charge < -0.3 is 33.9 Å². The maximum absolute atomic E-state index is 13.1. The summed E-state index contributed by atoms with van der Waals surface area (Å²) in [5.74, 6) is 2.33. The van der Waals surface area contributed by atoms with Gasteiger partial charge in [-0.1, -0.05) is 7.43 Å². The van der Waals surface area contributed by atoms with Gasteiger partial charge in [0.15, 0.2) is 29.8 Å². The van der Waals surface area contributed by atoms with Crippen LogP contribution in [0.4, 0.5) is 38.0 Å². The van der Waals surface area contributed by atoms with Crippen LogP contribution in [0.15, 0.2) is 73.1 Å². The maximum Gasteiger partial charge on any atom is 0.416 e. The van der Waals surface area contributed by atoms with Gasteiger partial charge in [0.05, 0.1) is 22.3 Å². The van der Waals surface area contributed by atoms with Gasteiger partial charge in [0.2, 0.25) is 0 Å². The summed E-state index contributed by atoms with van der Waals surface area (Å²) >= 11 is 0. The quantitative estimate of drug-likeness (QED) is 0.0987. The van der Waals surface area contributed by atoms with Gasteiger partial charge in [-0.2, -0.15) is 36.9 Å². The SMILES string of the molecule is C.COCOc1cc(C(F)(F)F)ccc1OC1[C@@H]2CC[C@H]1CN(c1ccc(C#N)cn1)C2.N#Cc1ccc(N2C[C@H]3CC[C@@H](C2)C3Oc2ccc(C(F)(F)F)cc2O)nc1.[B]. The molecule has 4 aliphatic rings. The van der Waals surface area contributed by atoms with E-state index in [0.717, 1.165) is 68.6 Å². The van der Waals surface area contributed by atoms with Gasteiger partial charge in [0.25, 0.3) is 0 Å². The predicted molar refractivity (Wildman–Crippen MR) is 213 cm³/mol. The second-order valence-corrected chi connectivity index (χ2v) is 15.1. The summed E-state index contributed by atoms with van der Waals surface area (Å²) in [5, 5.41) is 27.8. The van der Waals surface area contributed by atoms with Crippen LogP contribution in [0.25, 0.3) is 0 Å². The summed E-state index contributed by atoms with van der Waals surface area (Å²) in [7, 11) is 1.40. The van der Waals surface area contributed by atoms with Crippen molar-refractivity contribution in [1.82, 2.24) is 9.97 Å². The molecule has 4 aromatic rings. The second kappa shape index (κ2) is 19.2. The molecule has 0 spiro atoms. The molecule has 1 N–H and O–H groups in total. The molecule has 2 aromatic heterocycles. The number of hydrogen-bond acceptors (Lipinski definition) is 11. The third-order valence-electron chi connectivity index (χ3n) is 11.3. The molecule has 2 aromatic carbocycles. The molecule has 2 unspecified atom stereocenters. The normalized spacial score (nSPS) is 22.6. The monoisotopic (exact) mass is 849 g/mol. The fourth-order valence-electron chi connectivity index (χ4n) is 8.49. The molecule has 2 saturated heterocycles. The number of piperidine rings is 2. The first-order valence-electron chi connectivity index (χ1n) is 19.0. The van der Waals surface area contributed by atoms with Crippen LogP contribution in [0.2, 0.25) is 0 Å². The zero-order chi connectivity index (χ0) is 41.9. The molecule has 11 nitrogen and oxygen atoms in total. The Morgan fingerprint density at radius 1 is 0.656 bits per heavy atom. The van der Waals surface area contributed by atoms with Gasteiger partial charge >= 0.3 is 12.4 Å². The highest BCUT2D eigenvalue weighted by Crippen LogP contribution is 2.45. The molecule has 4 fully saturated rings. The van der Waals surface area contributed by atoms with E-state index in [2.05, 4.69) is 25.8 Å². The molecule has 2 saturated carbocycles. The van der Waals surface area contributed by atoms with Crippen molar-refractivity contribution in [3.63, 3.8) is 0 Å². The second-order valence-electron chi connectivity index (χ2n) is 15.1. The van der Waals surface area contributed by atoms with E-state index in [4.69, 9.17) is 29.5 Å². The number of fused-ring (bicyclic) bond motifs is 4. The topological polar surface area (TPSA) is 137 Å². The smallest absolute Gasteiger partial charge is 0.416 e. The first-order valence-corrected chi connectivity index (χ1v) is 19.0. The van der Waals surface area contributed by atoms with Crippen molar-refractivity contribution < 1.29 is 50.4 Å². The summed E-state index contributed by atoms with van der Waals surface area (Å²) in [6.07, 6.45) is -2.31. The number of hydrogen-bond donors (Lipinski definition) is 1. The number of anilines is 2. The van der Waals surface area contributed by atoms with Crippen molar-refractivity contribution in [2.24, 2.45) is 23.7 Å². The Hall–Kier alpha value is -5.88. The number of aromatic nitrogens is 2. The van der Waals surface area contributed by atoms with Crippen LogP contribution in [0.1, 0.15) is 55.4 Å². The standard InChI is InChI=1S/C22H22F3N3O3.C20H18F3N3O2.CH4.B/c1-29-13-30-19-8-17(22(23,24)25)5-6-18(19)31-21-15-3-4-16(21)12-28(11-15)20-7-2-14(9-26)10-27-20;21-20(22,23)15-4-5-17(16(27)7-15)28-19-13-2-3-14(19)11-26(10-13)18-6-1-12(8-24)9-25-18;;/h2,5-8,10,15-16,21H,3-4,11-13H2,1H3;1,4-7,9,13-14,19,27H,2-3,10-11H2;1H4;/t15-,16+,21?;13-,14+,19?;;. The number of rotatable bonds is 9. The number of nitrogens with zero attached hydrogens (tertiary/aromatic N) is 6. The third kappa shape index (κ3) is 10.5. The Labute approximate surface area is 352 Å². The molecular formula is C43H44BF6N6O5. The lowest BCUT2D eigenvalue weighted by Crippen LogP contribution is -2.47. The highest BCUT2D eigenvalue weighted by atomic mass is 19.4. The van der Waals surface area contributed by atoms with Crippen molar-refractivity contribution in [1.29, 1.82) is 10.5 Å². The lowest BCUT2D eigenvalue weighted by molar-refractivity contribution is -0.138. The van der Waals surface area contributed by atoms with E-state index in [1.165, 1.54) is 19.2 Å². The van der Waals surface area contributed by atoms with Gasteiger partial charge in [-0.05, 0) is 86.3 Å². The van der Waals surface area contributed by atoms with E-state index in [0.29, 0.717) is 30.3 Å². The maximum atomic E-state index is 13.1. The molecule has 61 heavy (non-hydrogen) atoms. The van der Waals surface area contributed by atoms with Crippen LogP contribution in [0.3, 0.4) is 0 Å². The Morgan fingerprint density at radius 3 is 1.46 bits per heavy atom. The van der Waals surface area contributed by atoms with Crippen LogP contribution in [-0.4, -0.2) is 75.8 Å². The Morgan fingerprint density at radius 2 is 1.08 bits per heavy atom. The average Bonchev–Trinajstić information content (AvgIpc) is 3.57. The van der Waals surface area contributed by atoms with E-state index in [9.17, 15) is 31.4 Å². The molecule has 4 bridgehead atoms. The molecule has 321 valence electrons. The van der Waals surface area contributed by atoms with E-state index >= 15 is 0 Å². The largest absolute Gasteiger partial charge is 0.504 e.